The smallest absolute Gasteiger partial charge is 0.377 e. The van der Waals surface area contributed by atoms with Gasteiger partial charge in [-0.15, -0.1) is 11.3 Å². The molecule has 26 heavy (non-hydrogen) atoms. The van der Waals surface area contributed by atoms with Crippen molar-refractivity contribution in [3.63, 3.8) is 0 Å². The number of carbonyl (C=O) groups excluding carboxylic acids is 1. The summed E-state index contributed by atoms with van der Waals surface area (Å²) in [6, 6.07) is 0.417. The van der Waals surface area contributed by atoms with Crippen LogP contribution in [-0.2, 0) is 20.7 Å². The first kappa shape index (κ1) is 19.8. The van der Waals surface area contributed by atoms with Gasteiger partial charge in [-0.3, -0.25) is 4.79 Å². The highest BCUT2D eigenvalue weighted by atomic mass is 35.5. The molecule has 0 aliphatic carbocycles. The van der Waals surface area contributed by atoms with E-state index in [-0.39, 0.29) is 34.2 Å². The van der Waals surface area contributed by atoms with E-state index >= 15 is 0 Å². The summed E-state index contributed by atoms with van der Waals surface area (Å²) in [5.41, 5.74) is -3.74. The molecule has 2 aliphatic rings. The number of alkyl halides is 5. The maximum Gasteiger partial charge on any atom is 0.471 e. The molecule has 1 unspecified atom stereocenters. The van der Waals surface area contributed by atoms with E-state index in [1.54, 1.807) is 0 Å². The normalized spacial score (nSPS) is 32.2. The van der Waals surface area contributed by atoms with Gasteiger partial charge in [-0.1, -0.05) is 11.6 Å². The Morgan fingerprint density at radius 2 is 2.15 bits per heavy atom. The number of nitrogens with zero attached hydrogens (tertiary/aromatic N) is 1. The monoisotopic (exact) mass is 419 g/mol. The molecule has 2 aliphatic heterocycles. The Bertz CT molecular complexity index is 727. The first-order valence-corrected chi connectivity index (χ1v) is 8.93. The van der Waals surface area contributed by atoms with Crippen LogP contribution in [0.5, 0.6) is 0 Å². The van der Waals surface area contributed by atoms with Crippen molar-refractivity contribution in [3.05, 3.63) is 20.8 Å². The van der Waals surface area contributed by atoms with Gasteiger partial charge in [-0.2, -0.15) is 13.2 Å². The van der Waals surface area contributed by atoms with Crippen molar-refractivity contribution in [2.75, 3.05) is 13.2 Å². The Labute approximate surface area is 154 Å². The predicted octanol–water partition coefficient (Wildman–Crippen LogP) is 3.65. The Morgan fingerprint density at radius 1 is 1.50 bits per heavy atom. The van der Waals surface area contributed by atoms with Crippen LogP contribution in [0.15, 0.2) is 6.07 Å². The van der Waals surface area contributed by atoms with Crippen LogP contribution >= 0.6 is 22.9 Å². The van der Waals surface area contributed by atoms with Gasteiger partial charge in [0.25, 0.3) is 6.43 Å². The Kier molecular flexibility index (Phi) is 4.78. The molecule has 1 N–H and O–H groups in total. The van der Waals surface area contributed by atoms with Crippen molar-refractivity contribution in [2.24, 2.45) is 0 Å². The van der Waals surface area contributed by atoms with Gasteiger partial charge in [0.1, 0.15) is 5.60 Å². The average molecular weight is 420 g/mol. The third kappa shape index (κ3) is 3.00. The van der Waals surface area contributed by atoms with Crippen molar-refractivity contribution in [3.8, 4) is 0 Å². The molecule has 3 rings (SSSR count). The highest BCUT2D eigenvalue weighted by Gasteiger charge is 2.56. The lowest BCUT2D eigenvalue weighted by molar-refractivity contribution is -0.217. The van der Waals surface area contributed by atoms with E-state index in [9.17, 15) is 31.9 Å². The fraction of sp³-hybridized carbons (Fsp3) is 0.667. The van der Waals surface area contributed by atoms with Gasteiger partial charge < -0.3 is 14.7 Å². The van der Waals surface area contributed by atoms with Gasteiger partial charge in [0, 0.05) is 29.4 Å². The Hall–Kier alpha value is -0.970. The molecule has 1 fully saturated rings. The van der Waals surface area contributed by atoms with Crippen molar-refractivity contribution in [1.82, 2.24) is 4.90 Å². The minimum Gasteiger partial charge on any atom is -0.377 e. The Morgan fingerprint density at radius 3 is 2.69 bits per heavy atom. The van der Waals surface area contributed by atoms with Crippen LogP contribution in [0, 0.1) is 0 Å². The van der Waals surface area contributed by atoms with E-state index in [0.717, 1.165) is 11.3 Å². The summed E-state index contributed by atoms with van der Waals surface area (Å²) in [5, 5.41) is 10.3. The van der Waals surface area contributed by atoms with Crippen LogP contribution in [0.2, 0.25) is 4.34 Å². The van der Waals surface area contributed by atoms with Crippen LogP contribution in [-0.4, -0.2) is 47.7 Å². The fourth-order valence-corrected chi connectivity index (χ4v) is 5.09. The lowest BCUT2D eigenvalue weighted by Crippen LogP contribution is -2.57. The molecule has 1 amide bonds. The fourth-order valence-electron chi connectivity index (χ4n) is 3.61. The summed E-state index contributed by atoms with van der Waals surface area (Å²) in [6.07, 6.45) is -8.13. The third-order valence-electron chi connectivity index (χ3n) is 4.93. The van der Waals surface area contributed by atoms with Gasteiger partial charge in [0.05, 0.1) is 10.9 Å². The molecule has 0 aromatic carbocycles. The summed E-state index contributed by atoms with van der Waals surface area (Å²) in [7, 11) is 0. The van der Waals surface area contributed by atoms with Gasteiger partial charge in [0.2, 0.25) is 0 Å². The minimum absolute atomic E-state index is 0.0116. The SMILES string of the molecule is C[C@H]1CC2(CCN1C(=O)C(F)(F)F)OC[C@](O)(C(F)F)c1cc(Cl)sc12. The van der Waals surface area contributed by atoms with Crippen molar-refractivity contribution in [2.45, 2.75) is 49.6 Å². The quantitative estimate of drug-likeness (QED) is 0.707. The van der Waals surface area contributed by atoms with Crippen molar-refractivity contribution in [1.29, 1.82) is 0 Å². The second-order valence-electron chi connectivity index (χ2n) is 6.60. The first-order chi connectivity index (χ1) is 11.9. The topological polar surface area (TPSA) is 49.8 Å². The van der Waals surface area contributed by atoms with Crippen LogP contribution in [0.1, 0.15) is 30.2 Å². The van der Waals surface area contributed by atoms with Crippen molar-refractivity contribution < 1.29 is 36.6 Å². The highest BCUT2D eigenvalue weighted by Crippen LogP contribution is 2.53. The van der Waals surface area contributed by atoms with E-state index in [2.05, 4.69) is 0 Å². The summed E-state index contributed by atoms with van der Waals surface area (Å²) in [5.74, 6) is -1.94. The number of carbonyl (C=O) groups is 1. The number of fused-ring (bicyclic) bond motifs is 2. The van der Waals surface area contributed by atoms with Crippen molar-refractivity contribution >= 4 is 28.8 Å². The molecule has 0 bridgehead atoms. The van der Waals surface area contributed by atoms with Gasteiger partial charge in [0.15, 0.2) is 5.60 Å². The van der Waals surface area contributed by atoms with Crippen LogP contribution < -0.4 is 0 Å². The van der Waals surface area contributed by atoms with Gasteiger partial charge in [-0.25, -0.2) is 8.78 Å². The van der Waals surface area contributed by atoms with E-state index in [4.69, 9.17) is 16.3 Å². The maximum absolute atomic E-state index is 13.4. The molecule has 4 nitrogen and oxygen atoms in total. The van der Waals surface area contributed by atoms with Crippen LogP contribution in [0.25, 0.3) is 0 Å². The standard InChI is InChI=1S/C15H15ClF5NO3S/c1-7-5-13(2-3-22(7)12(23)15(19,20)21)10-8(4-9(16)26-10)14(24,6-25-13)11(17)18/h4,7,11,24H,2-3,5-6H2,1H3/t7-,13?,14+/m0/s1. The molecule has 146 valence electrons. The molecule has 1 aromatic rings. The number of rotatable bonds is 1. The molecule has 1 spiro atoms. The highest BCUT2D eigenvalue weighted by molar-refractivity contribution is 7.16. The third-order valence-corrected chi connectivity index (χ3v) is 6.38. The molecule has 0 saturated carbocycles. The zero-order valence-corrected chi connectivity index (χ0v) is 15.0. The molecule has 3 atom stereocenters. The van der Waals surface area contributed by atoms with E-state index in [1.165, 1.54) is 13.0 Å². The molecular formula is C15H15ClF5NO3S. The first-order valence-electron chi connectivity index (χ1n) is 7.73. The average Bonchev–Trinajstić information content (AvgIpc) is 2.94. The largest absolute Gasteiger partial charge is 0.471 e. The number of likely N-dealkylation sites (tertiary alicyclic amines) is 1. The van der Waals surface area contributed by atoms with Gasteiger partial charge in [-0.05, 0) is 19.4 Å². The molecule has 1 saturated heterocycles. The number of hydrogen-bond acceptors (Lipinski definition) is 4. The predicted molar refractivity (Wildman–Crippen MR) is 83.3 cm³/mol. The number of thiophene rings is 1. The summed E-state index contributed by atoms with van der Waals surface area (Å²) in [6.45, 7) is 0.489. The molecule has 11 heteroatoms. The number of amides is 1. The molecular weight excluding hydrogens is 405 g/mol. The summed E-state index contributed by atoms with van der Waals surface area (Å²) in [4.78, 5) is 12.5. The Balaban J connectivity index is 1.94. The lowest BCUT2D eigenvalue weighted by atomic mass is 9.78. The van der Waals surface area contributed by atoms with E-state index < -0.39 is 42.4 Å². The minimum atomic E-state index is -4.99. The van der Waals surface area contributed by atoms with E-state index in [0.29, 0.717) is 4.90 Å². The summed E-state index contributed by atoms with van der Waals surface area (Å²) >= 11 is 6.91. The molecule has 3 heterocycles. The second kappa shape index (κ2) is 6.29. The lowest BCUT2D eigenvalue weighted by Gasteiger charge is -2.49. The number of halogens is 6. The number of aliphatic hydroxyl groups is 1. The van der Waals surface area contributed by atoms with Crippen LogP contribution in [0.4, 0.5) is 22.0 Å². The number of ether oxygens (including phenoxy) is 1. The van der Waals surface area contributed by atoms with Gasteiger partial charge >= 0.3 is 12.1 Å². The number of piperidine rings is 1. The second-order valence-corrected chi connectivity index (χ2v) is 8.28. The zero-order chi connectivity index (χ0) is 19.5. The maximum atomic E-state index is 13.4. The molecule has 1 aromatic heterocycles. The molecule has 0 radical (unpaired) electrons. The number of hydrogen-bond donors (Lipinski definition) is 1. The zero-order valence-electron chi connectivity index (χ0n) is 13.4. The van der Waals surface area contributed by atoms with Crippen LogP contribution in [0.3, 0.4) is 0 Å². The van der Waals surface area contributed by atoms with E-state index in [1.807, 2.05) is 0 Å². The summed E-state index contributed by atoms with van der Waals surface area (Å²) < 4.78 is 70.7.